The highest BCUT2D eigenvalue weighted by molar-refractivity contribution is 7.89. The lowest BCUT2D eigenvalue weighted by atomic mass is 10.1. The minimum Gasteiger partial charge on any atom is -0.486 e. The zero-order valence-electron chi connectivity index (χ0n) is 16.3. The summed E-state index contributed by atoms with van der Waals surface area (Å²) in [6, 6.07) is 11.4. The van der Waals surface area contributed by atoms with Gasteiger partial charge in [-0.15, -0.1) is 0 Å². The van der Waals surface area contributed by atoms with E-state index in [4.69, 9.17) is 9.47 Å². The van der Waals surface area contributed by atoms with Crippen molar-refractivity contribution in [2.45, 2.75) is 25.3 Å². The Labute approximate surface area is 166 Å². The van der Waals surface area contributed by atoms with Crippen LogP contribution in [0.15, 0.2) is 41.3 Å². The minimum absolute atomic E-state index is 0.263. The molecule has 1 fully saturated rings. The highest BCUT2D eigenvalue weighted by Gasteiger charge is 2.29. The average molecular weight is 403 g/mol. The third kappa shape index (κ3) is 4.01. The van der Waals surface area contributed by atoms with E-state index in [1.54, 1.807) is 22.5 Å². The van der Waals surface area contributed by atoms with Crippen LogP contribution in [0.5, 0.6) is 11.5 Å². The van der Waals surface area contributed by atoms with Gasteiger partial charge in [-0.2, -0.15) is 4.31 Å². The maximum absolute atomic E-state index is 13.0. The number of piperazine rings is 1. The van der Waals surface area contributed by atoms with Gasteiger partial charge in [0.1, 0.15) is 13.2 Å². The molecule has 1 saturated heterocycles. The van der Waals surface area contributed by atoms with Gasteiger partial charge in [0.05, 0.1) is 4.90 Å². The second-order valence-corrected chi connectivity index (χ2v) is 9.42. The van der Waals surface area contributed by atoms with Crippen LogP contribution in [0.3, 0.4) is 0 Å². The molecule has 0 amide bonds. The lowest BCUT2D eigenvalue weighted by molar-refractivity contribution is 0.170. The van der Waals surface area contributed by atoms with Crippen LogP contribution >= 0.6 is 0 Å². The molecule has 0 aliphatic carbocycles. The number of sulfonamides is 1. The van der Waals surface area contributed by atoms with Crippen molar-refractivity contribution in [3.63, 3.8) is 0 Å². The largest absolute Gasteiger partial charge is 0.486 e. The summed E-state index contributed by atoms with van der Waals surface area (Å²) in [6.07, 6.45) is 0. The number of hydrogen-bond acceptors (Lipinski definition) is 5. The number of benzene rings is 2. The van der Waals surface area contributed by atoms with Crippen molar-refractivity contribution >= 4 is 10.0 Å². The number of ether oxygens (including phenoxy) is 2. The van der Waals surface area contributed by atoms with E-state index < -0.39 is 10.0 Å². The number of nitrogens with zero attached hydrogens (tertiary/aromatic N) is 2. The molecule has 0 N–H and O–H groups in total. The summed E-state index contributed by atoms with van der Waals surface area (Å²) in [6.45, 7) is 8.40. The lowest BCUT2D eigenvalue weighted by Crippen LogP contribution is -2.48. The van der Waals surface area contributed by atoms with E-state index in [1.807, 2.05) is 0 Å². The molecule has 0 unspecified atom stereocenters. The summed E-state index contributed by atoms with van der Waals surface area (Å²) in [7, 11) is -3.53. The van der Waals surface area contributed by atoms with E-state index >= 15 is 0 Å². The summed E-state index contributed by atoms with van der Waals surface area (Å²) in [5, 5.41) is 0. The molecular formula is C21H26N2O4S. The average Bonchev–Trinajstić information content (AvgIpc) is 2.67. The van der Waals surface area contributed by atoms with Crippen molar-refractivity contribution in [1.29, 1.82) is 0 Å². The molecule has 2 aliphatic heterocycles. The van der Waals surface area contributed by atoms with Crippen LogP contribution in [0.1, 0.15) is 16.7 Å². The molecule has 2 aliphatic rings. The number of hydrogen-bond donors (Lipinski definition) is 0. The Hall–Kier alpha value is -2.09. The molecular weight excluding hydrogens is 376 g/mol. The fourth-order valence-electron chi connectivity index (χ4n) is 3.88. The Morgan fingerprint density at radius 1 is 0.857 bits per heavy atom. The van der Waals surface area contributed by atoms with E-state index in [0.717, 1.165) is 19.6 Å². The van der Waals surface area contributed by atoms with E-state index in [0.29, 0.717) is 37.8 Å². The monoisotopic (exact) mass is 402 g/mol. The Morgan fingerprint density at radius 2 is 1.50 bits per heavy atom. The van der Waals surface area contributed by atoms with Crippen LogP contribution in [0.2, 0.25) is 0 Å². The van der Waals surface area contributed by atoms with Crippen LogP contribution in [0.4, 0.5) is 0 Å². The maximum Gasteiger partial charge on any atom is 0.243 e. The normalized spacial score (nSPS) is 18.2. The Morgan fingerprint density at radius 3 is 2.18 bits per heavy atom. The third-order valence-electron chi connectivity index (χ3n) is 5.17. The molecule has 4 rings (SSSR count). The van der Waals surface area contributed by atoms with Crippen LogP contribution in [0.25, 0.3) is 0 Å². The van der Waals surface area contributed by atoms with Gasteiger partial charge in [-0.25, -0.2) is 8.42 Å². The predicted octanol–water partition coefficient (Wildman–Crippen LogP) is 2.58. The summed E-state index contributed by atoms with van der Waals surface area (Å²) < 4.78 is 38.7. The Kier molecular flexibility index (Phi) is 5.31. The molecule has 2 aromatic carbocycles. The number of fused-ring (bicyclic) bond motifs is 1. The standard InChI is InChI=1S/C21H26N2O4S/c1-16-11-17(2)13-18(12-16)15-22-5-7-23(8-6-22)28(24,25)19-3-4-20-21(14-19)27-10-9-26-20/h3-4,11-14H,5-10,15H2,1-2H3. The summed E-state index contributed by atoms with van der Waals surface area (Å²) in [4.78, 5) is 2.57. The molecule has 28 heavy (non-hydrogen) atoms. The van der Waals surface area contributed by atoms with Gasteiger partial charge in [-0.1, -0.05) is 29.3 Å². The van der Waals surface area contributed by atoms with Crippen molar-refractivity contribution in [2.24, 2.45) is 0 Å². The zero-order valence-corrected chi connectivity index (χ0v) is 17.2. The summed E-state index contributed by atoms with van der Waals surface area (Å²) >= 11 is 0. The molecule has 0 bridgehead atoms. The van der Waals surface area contributed by atoms with Gasteiger partial charge in [0.15, 0.2) is 11.5 Å². The molecule has 0 atom stereocenters. The SMILES string of the molecule is Cc1cc(C)cc(CN2CCN(S(=O)(=O)c3ccc4c(c3)OCCO4)CC2)c1. The predicted molar refractivity (Wildman–Crippen MR) is 107 cm³/mol. The van der Waals surface area contributed by atoms with Crippen molar-refractivity contribution in [1.82, 2.24) is 9.21 Å². The molecule has 2 aromatic rings. The highest BCUT2D eigenvalue weighted by Crippen LogP contribution is 2.33. The van der Waals surface area contributed by atoms with Crippen LogP contribution in [-0.4, -0.2) is 57.0 Å². The van der Waals surface area contributed by atoms with Gasteiger partial charge in [0, 0.05) is 38.8 Å². The lowest BCUT2D eigenvalue weighted by Gasteiger charge is -2.34. The Bertz CT molecular complexity index is 946. The molecule has 0 aromatic heterocycles. The van der Waals surface area contributed by atoms with Gasteiger partial charge in [-0.3, -0.25) is 4.90 Å². The van der Waals surface area contributed by atoms with Gasteiger partial charge in [0.25, 0.3) is 0 Å². The number of aryl methyl sites for hydroxylation is 2. The second kappa shape index (κ2) is 7.73. The fraction of sp³-hybridized carbons (Fsp3) is 0.429. The molecule has 0 saturated carbocycles. The summed E-state index contributed by atoms with van der Waals surface area (Å²) in [5.41, 5.74) is 3.80. The topological polar surface area (TPSA) is 59.1 Å². The van der Waals surface area contributed by atoms with E-state index in [9.17, 15) is 8.42 Å². The van der Waals surface area contributed by atoms with Gasteiger partial charge in [0.2, 0.25) is 10.0 Å². The molecule has 0 radical (unpaired) electrons. The first-order valence-corrected chi connectivity index (χ1v) is 11.1. The van der Waals surface area contributed by atoms with E-state index in [2.05, 4.69) is 36.9 Å². The molecule has 150 valence electrons. The van der Waals surface area contributed by atoms with Gasteiger partial charge in [-0.05, 0) is 31.5 Å². The Balaban J connectivity index is 1.42. The molecule has 2 heterocycles. The third-order valence-corrected chi connectivity index (χ3v) is 7.06. The van der Waals surface area contributed by atoms with Crippen LogP contribution in [0, 0.1) is 13.8 Å². The zero-order chi connectivity index (χ0) is 19.7. The van der Waals surface area contributed by atoms with E-state index in [-0.39, 0.29) is 4.90 Å². The van der Waals surface area contributed by atoms with Crippen LogP contribution in [-0.2, 0) is 16.6 Å². The molecule has 0 spiro atoms. The van der Waals surface area contributed by atoms with E-state index in [1.165, 1.54) is 16.7 Å². The molecule has 7 heteroatoms. The van der Waals surface area contributed by atoms with Crippen molar-refractivity contribution < 1.29 is 17.9 Å². The van der Waals surface area contributed by atoms with Crippen molar-refractivity contribution in [3.8, 4) is 11.5 Å². The number of rotatable bonds is 4. The first kappa shape index (κ1) is 19.2. The first-order chi connectivity index (χ1) is 13.4. The smallest absolute Gasteiger partial charge is 0.243 e. The molecule has 6 nitrogen and oxygen atoms in total. The quantitative estimate of drug-likeness (QED) is 0.787. The van der Waals surface area contributed by atoms with Crippen molar-refractivity contribution in [3.05, 3.63) is 53.1 Å². The maximum atomic E-state index is 13.0. The van der Waals surface area contributed by atoms with Crippen molar-refractivity contribution in [2.75, 3.05) is 39.4 Å². The van der Waals surface area contributed by atoms with Crippen LogP contribution < -0.4 is 9.47 Å². The highest BCUT2D eigenvalue weighted by atomic mass is 32.2. The minimum atomic E-state index is -3.53. The summed E-state index contributed by atoms with van der Waals surface area (Å²) in [5.74, 6) is 1.10. The fourth-order valence-corrected chi connectivity index (χ4v) is 5.32. The second-order valence-electron chi connectivity index (χ2n) is 7.48. The first-order valence-electron chi connectivity index (χ1n) is 9.61. The van der Waals surface area contributed by atoms with Gasteiger partial charge >= 0.3 is 0 Å². The van der Waals surface area contributed by atoms with Gasteiger partial charge < -0.3 is 9.47 Å².